The Morgan fingerprint density at radius 3 is 2.58 bits per heavy atom. The number of alkyl halides is 3. The molecular weight excluding hydrogens is 410 g/mol. The summed E-state index contributed by atoms with van der Waals surface area (Å²) in [5, 5.41) is 2.96. The number of pyridine rings is 1. The largest absolute Gasteiger partial charge is 0.416 e. The highest BCUT2D eigenvalue weighted by atomic mass is 19.4. The van der Waals surface area contributed by atoms with E-state index in [0.717, 1.165) is 29.9 Å². The number of anilines is 2. The summed E-state index contributed by atoms with van der Waals surface area (Å²) in [5.74, 6) is -0.391. The zero-order valence-electron chi connectivity index (χ0n) is 16.8. The molecule has 1 unspecified atom stereocenters. The molecule has 0 aliphatic carbocycles. The van der Waals surface area contributed by atoms with Gasteiger partial charge in [-0.1, -0.05) is 18.2 Å². The number of hydrogen-bond donors (Lipinski definition) is 1. The van der Waals surface area contributed by atoms with Crippen molar-refractivity contribution in [1.82, 2.24) is 15.0 Å². The molecule has 1 aromatic carbocycles. The van der Waals surface area contributed by atoms with Gasteiger partial charge in [0.25, 0.3) is 0 Å². The molecule has 0 radical (unpaired) electrons. The lowest BCUT2D eigenvalue weighted by Gasteiger charge is -2.27. The number of aromatic nitrogens is 3. The monoisotopic (exact) mass is 431 g/mol. The fourth-order valence-electron chi connectivity index (χ4n) is 3.82. The van der Waals surface area contributed by atoms with Crippen molar-refractivity contribution in [3.8, 4) is 0 Å². The molecule has 1 saturated heterocycles. The van der Waals surface area contributed by atoms with E-state index in [9.17, 15) is 13.2 Å². The highest BCUT2D eigenvalue weighted by molar-refractivity contribution is 5.53. The maximum atomic E-state index is 15.2. The third-order valence-corrected chi connectivity index (χ3v) is 5.30. The van der Waals surface area contributed by atoms with E-state index in [1.807, 2.05) is 25.1 Å². The van der Waals surface area contributed by atoms with Gasteiger partial charge < -0.3 is 10.2 Å². The molecule has 1 aliphatic rings. The number of halogens is 4. The van der Waals surface area contributed by atoms with Crippen LogP contribution in [-0.4, -0.2) is 21.5 Å². The molecule has 0 spiro atoms. The Kier molecular flexibility index (Phi) is 5.75. The first-order valence-corrected chi connectivity index (χ1v) is 9.93. The van der Waals surface area contributed by atoms with Gasteiger partial charge in [-0.05, 0) is 49.6 Å². The molecule has 162 valence electrons. The quantitative estimate of drug-likeness (QED) is 0.556. The highest BCUT2D eigenvalue weighted by Crippen LogP contribution is 2.38. The molecule has 4 rings (SSSR count). The molecule has 3 heterocycles. The molecule has 5 nitrogen and oxygen atoms in total. The summed E-state index contributed by atoms with van der Waals surface area (Å²) in [5.41, 5.74) is 1.61. The van der Waals surface area contributed by atoms with Gasteiger partial charge in [-0.2, -0.15) is 17.6 Å². The predicted octanol–water partition coefficient (Wildman–Crippen LogP) is 5.29. The molecule has 2 aromatic heterocycles. The average Bonchev–Trinajstić information content (AvgIpc) is 3.22. The average molecular weight is 431 g/mol. The molecular formula is C22H21F4N5. The Morgan fingerprint density at radius 1 is 1.10 bits per heavy atom. The van der Waals surface area contributed by atoms with Crippen LogP contribution >= 0.6 is 0 Å². The van der Waals surface area contributed by atoms with Gasteiger partial charge >= 0.3 is 6.18 Å². The van der Waals surface area contributed by atoms with Crippen LogP contribution in [0.2, 0.25) is 0 Å². The second-order valence-corrected chi connectivity index (χ2v) is 7.45. The Bertz CT molecular complexity index is 1050. The predicted molar refractivity (Wildman–Crippen MR) is 109 cm³/mol. The van der Waals surface area contributed by atoms with Crippen molar-refractivity contribution < 1.29 is 17.6 Å². The minimum absolute atomic E-state index is 0.0615. The Balaban J connectivity index is 1.55. The van der Waals surface area contributed by atoms with E-state index >= 15 is 4.39 Å². The molecule has 1 atom stereocenters. The van der Waals surface area contributed by atoms with Gasteiger partial charge in [0.05, 0.1) is 23.8 Å². The first kappa shape index (κ1) is 21.0. The molecule has 1 aliphatic heterocycles. The van der Waals surface area contributed by atoms with E-state index < -0.39 is 17.6 Å². The zero-order chi connectivity index (χ0) is 22.0. The fourth-order valence-corrected chi connectivity index (χ4v) is 3.82. The van der Waals surface area contributed by atoms with Crippen LogP contribution in [0.5, 0.6) is 0 Å². The van der Waals surface area contributed by atoms with Crippen molar-refractivity contribution >= 4 is 11.6 Å². The lowest BCUT2D eigenvalue weighted by atomic mass is 10.0. The Morgan fingerprint density at radius 2 is 1.87 bits per heavy atom. The van der Waals surface area contributed by atoms with Crippen molar-refractivity contribution in [2.45, 2.75) is 38.5 Å². The topological polar surface area (TPSA) is 53.9 Å². The van der Waals surface area contributed by atoms with Gasteiger partial charge in [-0.3, -0.25) is 4.98 Å². The van der Waals surface area contributed by atoms with Crippen LogP contribution in [0.1, 0.15) is 41.4 Å². The van der Waals surface area contributed by atoms with Gasteiger partial charge in [0.2, 0.25) is 5.82 Å². The fraction of sp³-hybridized carbons (Fsp3) is 0.318. The summed E-state index contributed by atoms with van der Waals surface area (Å²) in [6, 6.07) is 10.4. The number of hydrogen-bond acceptors (Lipinski definition) is 5. The summed E-state index contributed by atoms with van der Waals surface area (Å²) in [6.07, 6.45) is -1.62. The van der Waals surface area contributed by atoms with Crippen LogP contribution in [0.4, 0.5) is 29.2 Å². The van der Waals surface area contributed by atoms with Crippen molar-refractivity contribution in [2.24, 2.45) is 0 Å². The summed E-state index contributed by atoms with van der Waals surface area (Å²) in [6.45, 7) is 2.73. The van der Waals surface area contributed by atoms with Crippen molar-refractivity contribution in [3.63, 3.8) is 0 Å². The van der Waals surface area contributed by atoms with Crippen LogP contribution in [0, 0.1) is 12.7 Å². The maximum absolute atomic E-state index is 15.2. The maximum Gasteiger partial charge on any atom is 0.416 e. The van der Waals surface area contributed by atoms with Gasteiger partial charge in [-0.25, -0.2) is 9.97 Å². The minimum atomic E-state index is -4.39. The molecule has 9 heteroatoms. The second kappa shape index (κ2) is 8.49. The van der Waals surface area contributed by atoms with Gasteiger partial charge in [0.15, 0.2) is 11.6 Å². The van der Waals surface area contributed by atoms with Crippen molar-refractivity contribution in [3.05, 3.63) is 77.1 Å². The van der Waals surface area contributed by atoms with E-state index in [1.165, 1.54) is 18.5 Å². The number of rotatable bonds is 5. The molecule has 0 saturated carbocycles. The standard InChI is InChI=1S/C22H21F4N5/c1-14-4-2-5-17(30-14)12-27-20-19(23)21(29-13-28-20)31-11-3-6-18(31)15-7-9-16(10-8-15)22(24,25)26/h2,4-5,7-10,13,18H,3,6,11-12H2,1H3,(H,27,28,29). The Labute approximate surface area is 177 Å². The van der Waals surface area contributed by atoms with Crippen molar-refractivity contribution in [2.75, 3.05) is 16.8 Å². The lowest BCUT2D eigenvalue weighted by Crippen LogP contribution is -2.25. The first-order chi connectivity index (χ1) is 14.8. The van der Waals surface area contributed by atoms with Gasteiger partial charge in [0, 0.05) is 12.2 Å². The lowest BCUT2D eigenvalue weighted by molar-refractivity contribution is -0.137. The van der Waals surface area contributed by atoms with E-state index in [0.29, 0.717) is 25.1 Å². The third kappa shape index (κ3) is 4.60. The minimum Gasteiger partial charge on any atom is -0.362 e. The second-order valence-electron chi connectivity index (χ2n) is 7.45. The molecule has 31 heavy (non-hydrogen) atoms. The van der Waals surface area contributed by atoms with E-state index in [4.69, 9.17) is 0 Å². The summed E-state index contributed by atoms with van der Waals surface area (Å²) in [4.78, 5) is 14.3. The molecule has 0 amide bonds. The number of aryl methyl sites for hydroxylation is 1. The molecule has 1 fully saturated rings. The third-order valence-electron chi connectivity index (χ3n) is 5.30. The normalized spacial score (nSPS) is 16.5. The first-order valence-electron chi connectivity index (χ1n) is 9.93. The van der Waals surface area contributed by atoms with E-state index in [-0.39, 0.29) is 17.7 Å². The van der Waals surface area contributed by atoms with E-state index in [2.05, 4.69) is 20.3 Å². The van der Waals surface area contributed by atoms with Gasteiger partial charge in [-0.15, -0.1) is 0 Å². The van der Waals surface area contributed by atoms with Crippen molar-refractivity contribution in [1.29, 1.82) is 0 Å². The SMILES string of the molecule is Cc1cccc(CNc2ncnc(N3CCCC3c3ccc(C(F)(F)F)cc3)c2F)n1. The molecule has 3 aromatic rings. The number of nitrogens with one attached hydrogen (secondary N) is 1. The molecule has 0 bridgehead atoms. The van der Waals surface area contributed by atoms with Crippen LogP contribution in [-0.2, 0) is 12.7 Å². The summed E-state index contributed by atoms with van der Waals surface area (Å²) in [7, 11) is 0. The van der Waals surface area contributed by atoms with Gasteiger partial charge in [0.1, 0.15) is 6.33 Å². The van der Waals surface area contributed by atoms with Crippen LogP contribution in [0.15, 0.2) is 48.8 Å². The van der Waals surface area contributed by atoms with Crippen LogP contribution in [0.25, 0.3) is 0 Å². The number of nitrogens with zero attached hydrogens (tertiary/aromatic N) is 4. The smallest absolute Gasteiger partial charge is 0.362 e. The van der Waals surface area contributed by atoms with Crippen LogP contribution in [0.3, 0.4) is 0 Å². The number of benzene rings is 1. The van der Waals surface area contributed by atoms with Crippen LogP contribution < -0.4 is 10.2 Å². The highest BCUT2D eigenvalue weighted by Gasteiger charge is 2.33. The summed E-state index contributed by atoms with van der Waals surface area (Å²) < 4.78 is 53.8. The Hall–Kier alpha value is -3.23. The summed E-state index contributed by atoms with van der Waals surface area (Å²) >= 11 is 0. The van der Waals surface area contributed by atoms with E-state index in [1.54, 1.807) is 4.90 Å². The molecule has 1 N–H and O–H groups in total. The zero-order valence-corrected chi connectivity index (χ0v) is 16.8.